The van der Waals surface area contributed by atoms with E-state index in [-0.39, 0.29) is 18.0 Å². The topological polar surface area (TPSA) is 87.6 Å². The van der Waals surface area contributed by atoms with Gasteiger partial charge in [-0.1, -0.05) is 6.07 Å². The Morgan fingerprint density at radius 2 is 2.04 bits per heavy atom. The van der Waals surface area contributed by atoms with Crippen molar-refractivity contribution in [3.63, 3.8) is 0 Å². The van der Waals surface area contributed by atoms with Gasteiger partial charge in [-0.05, 0) is 33.3 Å². The largest absolute Gasteiger partial charge is 0.481 e. The fraction of sp³-hybridized carbons (Fsp3) is 0.562. The maximum absolute atomic E-state index is 11.8. The molecule has 0 saturated carbocycles. The molecule has 0 unspecified atom stereocenters. The van der Waals surface area contributed by atoms with Crippen LogP contribution in [0.1, 0.15) is 33.3 Å². The van der Waals surface area contributed by atoms with Gasteiger partial charge < -0.3 is 20.7 Å². The monoisotopic (exact) mass is 321 g/mol. The first kappa shape index (κ1) is 18.7. The Morgan fingerprint density at radius 3 is 2.57 bits per heavy atom. The lowest BCUT2D eigenvalue weighted by molar-refractivity contribution is -0.121. The number of ether oxygens (including phenoxy) is 1. The Labute approximate surface area is 137 Å². The van der Waals surface area contributed by atoms with Gasteiger partial charge in [0.05, 0.1) is 20.2 Å². The average Bonchev–Trinajstić information content (AvgIpc) is 2.49. The average molecular weight is 321 g/mol. The van der Waals surface area contributed by atoms with Crippen LogP contribution in [-0.4, -0.2) is 42.6 Å². The zero-order valence-corrected chi connectivity index (χ0v) is 14.6. The van der Waals surface area contributed by atoms with E-state index < -0.39 is 0 Å². The maximum Gasteiger partial charge on any atom is 0.239 e. The molecule has 0 spiro atoms. The van der Waals surface area contributed by atoms with Gasteiger partial charge in [0.25, 0.3) is 0 Å². The van der Waals surface area contributed by atoms with Crippen molar-refractivity contribution in [1.29, 1.82) is 0 Å². The van der Waals surface area contributed by atoms with Crippen molar-refractivity contribution in [2.75, 3.05) is 20.2 Å². The summed E-state index contributed by atoms with van der Waals surface area (Å²) in [6.07, 6.45) is 1.72. The summed E-state index contributed by atoms with van der Waals surface area (Å²) in [7, 11) is 1.58. The molecule has 0 saturated heterocycles. The van der Waals surface area contributed by atoms with Crippen molar-refractivity contribution in [1.82, 2.24) is 20.9 Å². The van der Waals surface area contributed by atoms with Crippen molar-refractivity contribution >= 4 is 11.9 Å². The molecule has 7 nitrogen and oxygen atoms in total. The number of nitrogens with one attached hydrogen (secondary N) is 3. The Balaban J connectivity index is 2.57. The highest BCUT2D eigenvalue weighted by molar-refractivity contribution is 5.86. The number of hydrogen-bond donors (Lipinski definition) is 3. The standard InChI is InChI=1S/C16H27N5O2/c1-6-17-15(20-11-13(22)21-16(2,3)4)19-10-12-7-8-14(23-5)18-9-12/h7-9H,6,10-11H2,1-5H3,(H,21,22)(H2,17,19,20). The summed E-state index contributed by atoms with van der Waals surface area (Å²) in [4.78, 5) is 20.4. The number of guanidine groups is 1. The van der Waals surface area contributed by atoms with Crippen molar-refractivity contribution in [3.05, 3.63) is 23.9 Å². The molecule has 3 N–H and O–H groups in total. The van der Waals surface area contributed by atoms with Gasteiger partial charge in [0.1, 0.15) is 0 Å². The third-order valence-corrected chi connectivity index (χ3v) is 2.70. The van der Waals surface area contributed by atoms with Gasteiger partial charge in [-0.3, -0.25) is 4.79 Å². The molecular formula is C16H27N5O2. The van der Waals surface area contributed by atoms with E-state index in [1.54, 1.807) is 19.4 Å². The highest BCUT2D eigenvalue weighted by atomic mass is 16.5. The van der Waals surface area contributed by atoms with Crippen LogP contribution in [0.2, 0.25) is 0 Å². The Hall–Kier alpha value is -2.31. The van der Waals surface area contributed by atoms with Crippen LogP contribution in [0.3, 0.4) is 0 Å². The van der Waals surface area contributed by atoms with E-state index in [9.17, 15) is 4.79 Å². The number of aromatic nitrogens is 1. The first-order valence-electron chi connectivity index (χ1n) is 7.66. The zero-order chi connectivity index (χ0) is 17.3. The molecule has 0 aliphatic carbocycles. The number of carbonyl (C=O) groups is 1. The fourth-order valence-corrected chi connectivity index (χ4v) is 1.76. The molecular weight excluding hydrogens is 294 g/mol. The lowest BCUT2D eigenvalue weighted by Gasteiger charge is -2.21. The third kappa shape index (κ3) is 8.04. The molecule has 0 radical (unpaired) electrons. The van der Waals surface area contributed by atoms with Crippen LogP contribution >= 0.6 is 0 Å². The molecule has 0 bridgehead atoms. The number of aliphatic imine (C=N–C) groups is 1. The summed E-state index contributed by atoms with van der Waals surface area (Å²) in [5.74, 6) is 1.09. The van der Waals surface area contributed by atoms with E-state index >= 15 is 0 Å². The Bertz CT molecular complexity index is 520. The van der Waals surface area contributed by atoms with Gasteiger partial charge in [0, 0.05) is 24.3 Å². The molecule has 1 amide bonds. The van der Waals surface area contributed by atoms with Crippen molar-refractivity contribution in [2.24, 2.45) is 4.99 Å². The van der Waals surface area contributed by atoms with Crippen LogP contribution in [-0.2, 0) is 11.3 Å². The minimum Gasteiger partial charge on any atom is -0.481 e. The van der Waals surface area contributed by atoms with Crippen LogP contribution < -0.4 is 20.7 Å². The van der Waals surface area contributed by atoms with E-state index in [1.807, 2.05) is 33.8 Å². The maximum atomic E-state index is 11.8. The predicted molar refractivity (Wildman–Crippen MR) is 91.5 cm³/mol. The predicted octanol–water partition coefficient (Wildman–Crippen LogP) is 1.06. The molecule has 0 aliphatic heterocycles. The van der Waals surface area contributed by atoms with Gasteiger partial charge in [-0.2, -0.15) is 0 Å². The smallest absolute Gasteiger partial charge is 0.239 e. The number of carbonyl (C=O) groups excluding carboxylic acids is 1. The fourth-order valence-electron chi connectivity index (χ4n) is 1.76. The number of hydrogen-bond acceptors (Lipinski definition) is 4. The van der Waals surface area contributed by atoms with Gasteiger partial charge in [0.15, 0.2) is 5.96 Å². The lowest BCUT2D eigenvalue weighted by atomic mass is 10.1. The first-order valence-corrected chi connectivity index (χ1v) is 7.66. The normalized spacial score (nSPS) is 11.8. The molecule has 0 fully saturated rings. The molecule has 0 atom stereocenters. The number of pyridine rings is 1. The number of amides is 1. The number of rotatable bonds is 6. The van der Waals surface area contributed by atoms with Crippen molar-refractivity contribution < 1.29 is 9.53 Å². The van der Waals surface area contributed by atoms with E-state index in [2.05, 4.69) is 25.9 Å². The van der Waals surface area contributed by atoms with Crippen LogP contribution in [0.25, 0.3) is 0 Å². The summed E-state index contributed by atoms with van der Waals surface area (Å²) in [5.41, 5.74) is 0.713. The molecule has 1 rings (SSSR count). The van der Waals surface area contributed by atoms with Crippen LogP contribution in [0.15, 0.2) is 23.3 Å². The molecule has 1 aromatic rings. The molecule has 1 heterocycles. The molecule has 7 heteroatoms. The third-order valence-electron chi connectivity index (χ3n) is 2.70. The minimum atomic E-state index is -0.247. The lowest BCUT2D eigenvalue weighted by Crippen LogP contribution is -2.48. The molecule has 0 aromatic carbocycles. The second-order valence-corrected chi connectivity index (χ2v) is 6.06. The summed E-state index contributed by atoms with van der Waals surface area (Å²) in [5, 5.41) is 9.02. The summed E-state index contributed by atoms with van der Waals surface area (Å²) < 4.78 is 5.02. The second kappa shape index (κ2) is 8.97. The van der Waals surface area contributed by atoms with E-state index in [1.165, 1.54) is 0 Å². The zero-order valence-electron chi connectivity index (χ0n) is 14.6. The van der Waals surface area contributed by atoms with Crippen LogP contribution in [0.5, 0.6) is 5.88 Å². The number of methoxy groups -OCH3 is 1. The Kier molecular flexibility index (Phi) is 7.31. The molecule has 0 aliphatic rings. The second-order valence-electron chi connectivity index (χ2n) is 6.06. The van der Waals surface area contributed by atoms with Crippen LogP contribution in [0, 0.1) is 0 Å². The van der Waals surface area contributed by atoms with Gasteiger partial charge in [0.2, 0.25) is 11.8 Å². The Morgan fingerprint density at radius 1 is 1.30 bits per heavy atom. The van der Waals surface area contributed by atoms with E-state index in [0.29, 0.717) is 24.9 Å². The van der Waals surface area contributed by atoms with E-state index in [0.717, 1.165) is 5.56 Å². The summed E-state index contributed by atoms with van der Waals surface area (Å²) >= 11 is 0. The van der Waals surface area contributed by atoms with Crippen LogP contribution in [0.4, 0.5) is 0 Å². The van der Waals surface area contributed by atoms with Gasteiger partial charge in [-0.25, -0.2) is 9.98 Å². The SMILES string of the molecule is CCNC(=NCc1ccc(OC)nc1)NCC(=O)NC(C)(C)C. The van der Waals surface area contributed by atoms with Crippen molar-refractivity contribution in [3.8, 4) is 5.88 Å². The quantitative estimate of drug-likeness (QED) is 0.539. The molecule has 1 aromatic heterocycles. The summed E-state index contributed by atoms with van der Waals surface area (Å²) in [6, 6.07) is 3.70. The minimum absolute atomic E-state index is 0.0748. The molecule has 128 valence electrons. The summed E-state index contributed by atoms with van der Waals surface area (Å²) in [6.45, 7) is 9.16. The van der Waals surface area contributed by atoms with E-state index in [4.69, 9.17) is 4.74 Å². The highest BCUT2D eigenvalue weighted by Gasteiger charge is 2.13. The highest BCUT2D eigenvalue weighted by Crippen LogP contribution is 2.07. The molecule has 23 heavy (non-hydrogen) atoms. The van der Waals surface area contributed by atoms with Gasteiger partial charge in [-0.15, -0.1) is 0 Å². The van der Waals surface area contributed by atoms with Gasteiger partial charge >= 0.3 is 0 Å². The van der Waals surface area contributed by atoms with Crippen molar-refractivity contribution in [2.45, 2.75) is 39.8 Å². The first-order chi connectivity index (χ1) is 10.8. The number of nitrogens with zero attached hydrogens (tertiary/aromatic N) is 2.